The summed E-state index contributed by atoms with van der Waals surface area (Å²) in [5, 5.41) is 75.3. The zero-order chi connectivity index (χ0) is 69.2. The molecule has 3 saturated heterocycles. The van der Waals surface area contributed by atoms with Crippen LogP contribution in [0.1, 0.15) is 67.6 Å². The van der Waals surface area contributed by atoms with Gasteiger partial charge in [-0.25, -0.2) is 9.13 Å². The molecule has 3 aliphatic rings. The third-order valence-electron chi connectivity index (χ3n) is 16.8. The van der Waals surface area contributed by atoms with Gasteiger partial charge in [-0.1, -0.05) is 71.2 Å². The van der Waals surface area contributed by atoms with E-state index in [1.807, 2.05) is 35.8 Å². The molecule has 0 spiro atoms. The molecule has 6 aromatic carbocycles. The molecule has 6 atom stereocenters. The largest absolute Gasteiger partial charge is 0.530 e. The first-order valence-electron chi connectivity index (χ1n) is 30.5. The highest BCUT2D eigenvalue weighted by Crippen LogP contribution is 2.55. The molecule has 3 aliphatic heterocycles. The molecule has 97 heavy (non-hydrogen) atoms. The minimum atomic E-state index is -5.03. The number of likely N-dealkylation sites (N-methyl/N-ethyl adjacent to an activating group) is 3. The summed E-state index contributed by atoms with van der Waals surface area (Å²) in [5.74, 6) is -3.12. The average Bonchev–Trinajstić information content (AvgIpc) is 0.760. The molecule has 9 N–H and O–H groups in total. The lowest BCUT2D eigenvalue weighted by Crippen LogP contribution is -2.40. The number of phenolic OH excluding ortho intramolecular Hbond substituents is 4. The maximum Gasteiger partial charge on any atom is 0.530 e. The quantitative estimate of drug-likeness (QED) is 0.0457. The molecular weight excluding hydrogens is 1390 g/mol. The lowest BCUT2D eigenvalue weighted by molar-refractivity contribution is 0.0629. The molecule has 12 rings (SSSR count). The van der Waals surface area contributed by atoms with Gasteiger partial charge in [0.25, 0.3) is 0 Å². The number of rotatable bonds is 14. The lowest BCUT2D eigenvalue weighted by Gasteiger charge is -2.35. The van der Waals surface area contributed by atoms with Crippen molar-refractivity contribution in [1.82, 2.24) is 14.7 Å². The van der Waals surface area contributed by atoms with Crippen molar-refractivity contribution in [2.24, 2.45) is 0 Å². The number of phosphoric acid groups is 2. The van der Waals surface area contributed by atoms with Gasteiger partial charge in [-0.05, 0) is 110 Å². The second-order valence-corrected chi connectivity index (χ2v) is 27.5. The first-order valence-corrected chi connectivity index (χ1v) is 34.6. The summed E-state index contributed by atoms with van der Waals surface area (Å²) >= 11 is 18.9. The smallest absolute Gasteiger partial charge is 0.507 e. The molecule has 0 bridgehead atoms. The van der Waals surface area contributed by atoms with Crippen LogP contribution < -0.4 is 25.3 Å². The zero-order valence-electron chi connectivity index (χ0n) is 52.8. The van der Waals surface area contributed by atoms with Crippen molar-refractivity contribution >= 4 is 95.8 Å². The summed E-state index contributed by atoms with van der Waals surface area (Å²) < 4.78 is 64.3. The summed E-state index contributed by atoms with van der Waals surface area (Å²) in [4.78, 5) is 63.6. The minimum Gasteiger partial charge on any atom is -0.507 e. The van der Waals surface area contributed by atoms with Crippen molar-refractivity contribution < 1.29 is 86.0 Å². The van der Waals surface area contributed by atoms with E-state index in [0.717, 1.165) is 18.7 Å². The van der Waals surface area contributed by atoms with Gasteiger partial charge in [0.05, 0.1) is 46.6 Å². The zero-order valence-corrected chi connectivity index (χ0v) is 57.7. The van der Waals surface area contributed by atoms with E-state index in [9.17, 15) is 69.0 Å². The number of hydrogen-bond donors (Lipinski definition) is 9. The van der Waals surface area contributed by atoms with Gasteiger partial charge >= 0.3 is 15.6 Å². The first-order chi connectivity index (χ1) is 45.6. The Morgan fingerprint density at radius 1 is 0.474 bits per heavy atom. The molecule has 0 amide bonds. The summed E-state index contributed by atoms with van der Waals surface area (Å²) in [6.07, 6.45) is -1.07. The van der Waals surface area contributed by atoms with Gasteiger partial charge in [-0.15, -0.1) is 12.4 Å². The number of aromatic hydroxyl groups is 4. The number of likely N-dealkylation sites (tertiary alicyclic amines) is 3. The van der Waals surface area contributed by atoms with E-state index in [2.05, 4.69) is 0 Å². The number of phenols is 4. The fourth-order valence-corrected chi connectivity index (χ4v) is 14.8. The van der Waals surface area contributed by atoms with Crippen LogP contribution in [0.3, 0.4) is 0 Å². The summed E-state index contributed by atoms with van der Waals surface area (Å²) in [6, 6.07) is 27.5. The molecule has 9 aromatic rings. The summed E-state index contributed by atoms with van der Waals surface area (Å²) in [6.45, 7) is 6.40. The van der Waals surface area contributed by atoms with Gasteiger partial charge in [0.2, 0.25) is 0 Å². The average molecular weight is 1460 g/mol. The van der Waals surface area contributed by atoms with Crippen LogP contribution in [0.4, 0.5) is 0 Å². The molecule has 0 saturated carbocycles. The van der Waals surface area contributed by atoms with Crippen LogP contribution in [0, 0.1) is 0 Å². The molecule has 518 valence electrons. The highest BCUT2D eigenvalue weighted by Gasteiger charge is 2.39. The molecule has 30 heteroatoms. The Hall–Kier alpha value is -7.03. The van der Waals surface area contributed by atoms with E-state index < -0.39 is 79.5 Å². The van der Waals surface area contributed by atoms with Gasteiger partial charge in [0, 0.05) is 107 Å². The predicted octanol–water partition coefficient (Wildman–Crippen LogP) is 12.0. The predicted molar refractivity (Wildman–Crippen MR) is 369 cm³/mol. The molecular formula is C67H71Cl4N3O21P2. The Labute approximate surface area is 576 Å². The SMILES string of the molecule is CCOP(=O)(OCC)Oc1cc(O)c2c(=O)cc(-c3ccccc3Cl)oc2c1[C@H]1CCN(C)C[C@H]1O.CN1CC[C@H](c2c(O)cc(O)c3c(=O)cc(-c4ccccc4Cl)oc23)[C@H](O)C1.CN1CC[C@H](c2c(OP(=O)(O)O)cc(O)c3c(=O)cc(-c4ccccc4Cl)oc23)[C@H](O)C1.Cl. The molecule has 24 nitrogen and oxygen atoms in total. The highest BCUT2D eigenvalue weighted by molar-refractivity contribution is 7.49. The maximum absolute atomic E-state index is 13.3. The van der Waals surface area contributed by atoms with E-state index in [1.54, 1.807) is 86.6 Å². The fourth-order valence-electron chi connectivity index (χ4n) is 12.5. The Morgan fingerprint density at radius 2 is 0.784 bits per heavy atom. The summed E-state index contributed by atoms with van der Waals surface area (Å²) in [7, 11) is -3.49. The number of aliphatic hydroxyl groups is 3. The van der Waals surface area contributed by atoms with Crippen molar-refractivity contribution in [3.05, 3.63) is 172 Å². The molecule has 3 fully saturated rings. The Morgan fingerprint density at radius 3 is 1.10 bits per heavy atom. The van der Waals surface area contributed by atoms with Crippen LogP contribution in [-0.4, -0.2) is 152 Å². The molecule has 3 aromatic heterocycles. The van der Waals surface area contributed by atoms with Crippen molar-refractivity contribution in [3.63, 3.8) is 0 Å². The number of benzene rings is 6. The topological polar surface area (TPSA) is 353 Å². The van der Waals surface area contributed by atoms with E-state index in [1.165, 1.54) is 24.3 Å². The number of fused-ring (bicyclic) bond motifs is 3. The number of phosphoric ester groups is 2. The third kappa shape index (κ3) is 16.3. The minimum absolute atomic E-state index is 0. The number of nitrogens with zero attached hydrogens (tertiary/aromatic N) is 3. The first kappa shape index (κ1) is 74.2. The van der Waals surface area contributed by atoms with E-state index >= 15 is 0 Å². The highest BCUT2D eigenvalue weighted by atomic mass is 35.5. The van der Waals surface area contributed by atoms with Crippen LogP contribution in [-0.2, 0) is 18.2 Å². The number of halogens is 4. The number of piperidine rings is 3. The molecule has 0 radical (unpaired) electrons. The maximum atomic E-state index is 13.3. The van der Waals surface area contributed by atoms with Crippen molar-refractivity contribution in [2.45, 2.75) is 69.2 Å². The van der Waals surface area contributed by atoms with Crippen LogP contribution >= 0.6 is 62.9 Å². The van der Waals surface area contributed by atoms with Gasteiger partial charge in [-0.3, -0.25) is 33.2 Å². The number of aliphatic hydroxyl groups excluding tert-OH is 3. The number of β-amino-alcohol motifs (C(OH)–C–C–N with tert-alkyl or cyclic N) is 3. The van der Waals surface area contributed by atoms with Crippen LogP contribution in [0.2, 0.25) is 15.1 Å². The van der Waals surface area contributed by atoms with Gasteiger partial charge in [0.1, 0.15) is 84.7 Å². The van der Waals surface area contributed by atoms with Crippen molar-refractivity contribution in [2.75, 3.05) is 73.6 Å². The third-order valence-corrected chi connectivity index (χ3v) is 19.8. The monoisotopic (exact) mass is 1460 g/mol. The van der Waals surface area contributed by atoms with Crippen LogP contribution in [0.25, 0.3) is 66.9 Å². The Bertz CT molecular complexity index is 4670. The van der Waals surface area contributed by atoms with Gasteiger partial charge in [0.15, 0.2) is 16.3 Å². The lowest BCUT2D eigenvalue weighted by atomic mass is 9.85. The molecule has 6 heterocycles. The normalized spacial score (nSPS) is 19.6. The van der Waals surface area contributed by atoms with Crippen molar-refractivity contribution in [1.29, 1.82) is 0 Å². The van der Waals surface area contributed by atoms with Gasteiger partial charge < -0.3 is 72.7 Å². The fraction of sp³-hybridized carbons (Fsp3) is 0.328. The second kappa shape index (κ2) is 31.0. The molecule has 0 unspecified atom stereocenters. The Kier molecular flexibility index (Phi) is 23.7. The summed E-state index contributed by atoms with van der Waals surface area (Å²) in [5.41, 5.74) is 0.608. The van der Waals surface area contributed by atoms with E-state index in [0.29, 0.717) is 88.3 Å². The van der Waals surface area contributed by atoms with Crippen molar-refractivity contribution in [3.8, 4) is 68.5 Å². The van der Waals surface area contributed by atoms with Crippen LogP contribution in [0.5, 0.6) is 34.5 Å². The second-order valence-electron chi connectivity index (χ2n) is 23.6. The molecule has 0 aliphatic carbocycles. The Balaban J connectivity index is 0.000000171. The van der Waals surface area contributed by atoms with Gasteiger partial charge in [-0.2, -0.15) is 0 Å². The number of hydrogen-bond acceptors (Lipinski definition) is 22. The van der Waals surface area contributed by atoms with E-state index in [-0.39, 0.29) is 111 Å². The van der Waals surface area contributed by atoms with Crippen LogP contribution in [0.15, 0.2) is 137 Å². The standard InChI is InChI=1S/C25H29ClNO8P.C21H21ClNO8P.C21H20ClNO5.ClH/c1-4-32-36(31,33-5-2)35-22-13-19(29)24-18(28)12-21(15-8-6-7-9-17(15)26)34-25(24)23(22)16-10-11-27(3)14-20(16)30;1-23-7-6-12(16(26)10-23)19-18(31-32(27,28)29)9-15(25)20-14(24)8-17(30-21(19)20)11-4-2-3-5-13(11)22;1-23-7-6-12(17(27)10-23)19-14(24)8-15(25)20-16(26)9-18(28-21(19)20)11-4-2-3-5-13(11)22;/h6-9,12-13,16,20,29-30H,4-5,10-11,14H2,1-3H3;2-5,8-9,12,16,25-26H,6-7,10H2,1H3,(H2,27,28,29);2-5,8-9,12,17,24-25,27H,6-7,10H2,1H3;1H/t16-,20+;12-,16+;12-,17+;/m000./s1. The van der Waals surface area contributed by atoms with E-state index in [4.69, 9.17) is 66.1 Å².